The first-order valence-electron chi connectivity index (χ1n) is 16.6. The second-order valence-electron chi connectivity index (χ2n) is 11.5. The minimum absolute atomic E-state index is 0. The third kappa shape index (κ3) is 11.8. The van der Waals surface area contributed by atoms with Crippen LogP contribution >= 0.6 is 0 Å². The van der Waals surface area contributed by atoms with Gasteiger partial charge in [0.2, 0.25) is 0 Å². The van der Waals surface area contributed by atoms with Gasteiger partial charge in [-0.1, -0.05) is 146 Å². The monoisotopic (exact) mass is 975 g/mol. The molecule has 0 bridgehead atoms. The summed E-state index contributed by atoms with van der Waals surface area (Å²) in [6.07, 6.45) is 7.37. The van der Waals surface area contributed by atoms with Crippen molar-refractivity contribution < 1.29 is 69.7 Å². The van der Waals surface area contributed by atoms with Crippen LogP contribution in [0, 0.1) is 0 Å². The largest absolute Gasteiger partial charge is 1.00 e. The second kappa shape index (κ2) is 23.7. The molecule has 1 radical (unpaired) electrons. The van der Waals surface area contributed by atoms with Crippen molar-refractivity contribution in [1.29, 1.82) is 0 Å². The standard InChI is InChI=1S/C24H16N2.2C11H9N.4ClH.Ir/c1-3-7-17(8-4-1)19-13-15-25-23-21(19)11-12-22-20(14-16-26-24(22)23)18-9-5-2-6-10-18;2*1-2-6-10(7-3-1)11-8-4-5-9-12-11;;;;;/h1-16H;2*1-9H;4*1H;/p-4. The van der Waals surface area contributed by atoms with Crippen molar-refractivity contribution in [3.8, 4) is 44.8 Å². The van der Waals surface area contributed by atoms with Crippen LogP contribution in [-0.4, -0.2) is 19.9 Å². The van der Waals surface area contributed by atoms with Crippen LogP contribution in [0.2, 0.25) is 0 Å². The summed E-state index contributed by atoms with van der Waals surface area (Å²) in [6, 6.07) is 61.5. The Hall–Kier alpha value is -4.97. The van der Waals surface area contributed by atoms with E-state index < -0.39 is 0 Å². The van der Waals surface area contributed by atoms with Crippen LogP contribution in [0.5, 0.6) is 0 Å². The van der Waals surface area contributed by atoms with Crippen molar-refractivity contribution in [3.05, 3.63) is 207 Å². The maximum absolute atomic E-state index is 4.67. The van der Waals surface area contributed by atoms with Gasteiger partial charge in [0.25, 0.3) is 0 Å². The molecule has 4 heterocycles. The molecule has 9 aromatic rings. The van der Waals surface area contributed by atoms with Gasteiger partial charge in [-0.2, -0.15) is 0 Å². The second-order valence-corrected chi connectivity index (χ2v) is 11.5. The zero-order valence-electron chi connectivity index (χ0n) is 29.3. The van der Waals surface area contributed by atoms with Gasteiger partial charge in [-0.15, -0.1) is 0 Å². The number of benzene rings is 5. The summed E-state index contributed by atoms with van der Waals surface area (Å²) in [5.41, 5.74) is 11.0. The van der Waals surface area contributed by atoms with Crippen molar-refractivity contribution in [2.75, 3.05) is 0 Å². The third-order valence-corrected chi connectivity index (χ3v) is 8.26. The third-order valence-electron chi connectivity index (χ3n) is 8.26. The topological polar surface area (TPSA) is 51.6 Å². The molecular formula is C46H34Cl4IrN4-4. The van der Waals surface area contributed by atoms with E-state index in [1.165, 1.54) is 22.3 Å². The molecule has 0 atom stereocenters. The molecule has 0 aliphatic rings. The van der Waals surface area contributed by atoms with Gasteiger partial charge in [0.15, 0.2) is 0 Å². The predicted octanol–water partition coefficient (Wildman–Crippen LogP) is -0.372. The average Bonchev–Trinajstić information content (AvgIpc) is 3.23. The molecule has 55 heavy (non-hydrogen) atoms. The Morgan fingerprint density at radius 2 is 0.564 bits per heavy atom. The van der Waals surface area contributed by atoms with Crippen molar-refractivity contribution in [2.24, 2.45) is 0 Å². The average molecular weight is 977 g/mol. The number of pyridine rings is 4. The fourth-order valence-electron chi connectivity index (χ4n) is 5.85. The summed E-state index contributed by atoms with van der Waals surface area (Å²) < 4.78 is 0. The number of hydrogen-bond donors (Lipinski definition) is 0. The van der Waals surface area contributed by atoms with E-state index in [4.69, 9.17) is 0 Å². The van der Waals surface area contributed by atoms with Gasteiger partial charge in [-0.05, 0) is 58.7 Å². The molecule has 0 unspecified atom stereocenters. The molecule has 0 amide bonds. The van der Waals surface area contributed by atoms with E-state index in [1.54, 1.807) is 0 Å². The molecule has 0 saturated carbocycles. The van der Waals surface area contributed by atoms with Crippen LogP contribution < -0.4 is 49.6 Å². The van der Waals surface area contributed by atoms with Crippen LogP contribution in [0.1, 0.15) is 0 Å². The Balaban J connectivity index is 0.000000306. The van der Waals surface area contributed by atoms with Crippen molar-refractivity contribution in [3.63, 3.8) is 0 Å². The summed E-state index contributed by atoms with van der Waals surface area (Å²) in [6.45, 7) is 0. The fraction of sp³-hybridized carbons (Fsp3) is 0. The number of hydrogen-bond acceptors (Lipinski definition) is 4. The van der Waals surface area contributed by atoms with Crippen LogP contribution in [0.4, 0.5) is 0 Å². The van der Waals surface area contributed by atoms with Crippen LogP contribution in [0.15, 0.2) is 207 Å². The van der Waals surface area contributed by atoms with E-state index >= 15 is 0 Å². The van der Waals surface area contributed by atoms with Gasteiger partial charge < -0.3 is 49.6 Å². The predicted molar refractivity (Wildman–Crippen MR) is 207 cm³/mol. The first-order chi connectivity index (χ1) is 24.8. The zero-order valence-corrected chi connectivity index (χ0v) is 34.7. The van der Waals surface area contributed by atoms with Crippen molar-refractivity contribution >= 4 is 21.8 Å². The molecule has 279 valence electrons. The van der Waals surface area contributed by atoms with Crippen molar-refractivity contribution in [1.82, 2.24) is 19.9 Å². The van der Waals surface area contributed by atoms with E-state index in [0.717, 1.165) is 44.3 Å². The van der Waals surface area contributed by atoms with E-state index in [-0.39, 0.29) is 69.7 Å². The van der Waals surface area contributed by atoms with Crippen LogP contribution in [0.3, 0.4) is 0 Å². The number of halogens is 4. The van der Waals surface area contributed by atoms with Gasteiger partial charge in [0.1, 0.15) is 0 Å². The Labute approximate surface area is 360 Å². The smallest absolute Gasteiger partial charge is 0.0970 e. The molecule has 0 aliphatic carbocycles. The van der Waals surface area contributed by atoms with Gasteiger partial charge >= 0.3 is 0 Å². The Bertz CT molecular complexity index is 2170. The number of nitrogens with zero attached hydrogens (tertiary/aromatic N) is 4. The molecule has 0 N–H and O–H groups in total. The van der Waals surface area contributed by atoms with Crippen LogP contribution in [-0.2, 0) is 20.1 Å². The van der Waals surface area contributed by atoms with E-state index in [2.05, 4.69) is 117 Å². The van der Waals surface area contributed by atoms with E-state index in [0.29, 0.717) is 0 Å². The van der Waals surface area contributed by atoms with Gasteiger partial charge in [-0.3, -0.25) is 19.9 Å². The minimum Gasteiger partial charge on any atom is -1.00 e. The number of fused-ring (bicyclic) bond motifs is 3. The SMILES string of the molecule is [Cl-].[Cl-].[Cl-].[Cl-].[Ir].c1ccc(-c2ccccn2)cc1.c1ccc(-c2ccccn2)cc1.c1ccc(-c2ccnc3c2ccc2c(-c4ccccc4)ccnc23)cc1. The summed E-state index contributed by atoms with van der Waals surface area (Å²) in [5.74, 6) is 0. The maximum Gasteiger partial charge on any atom is 0.0970 e. The first-order valence-corrected chi connectivity index (χ1v) is 16.6. The molecule has 4 nitrogen and oxygen atoms in total. The quantitative estimate of drug-likeness (QED) is 0.227. The number of aromatic nitrogens is 4. The van der Waals surface area contributed by atoms with Crippen LogP contribution in [0.25, 0.3) is 66.6 Å². The molecule has 9 rings (SSSR count). The van der Waals surface area contributed by atoms with Crippen molar-refractivity contribution in [2.45, 2.75) is 0 Å². The van der Waals surface area contributed by atoms with E-state index in [9.17, 15) is 0 Å². The van der Waals surface area contributed by atoms with Gasteiger partial charge in [-0.25, -0.2) is 0 Å². The molecule has 0 saturated heterocycles. The molecule has 0 aliphatic heterocycles. The summed E-state index contributed by atoms with van der Waals surface area (Å²) >= 11 is 0. The Kier molecular flexibility index (Phi) is 19.9. The summed E-state index contributed by atoms with van der Waals surface area (Å²) in [5, 5.41) is 2.26. The molecule has 9 heteroatoms. The summed E-state index contributed by atoms with van der Waals surface area (Å²) in [4.78, 5) is 17.8. The first kappa shape index (κ1) is 46.2. The molecule has 4 aromatic heterocycles. The normalized spacial score (nSPS) is 9.45. The Morgan fingerprint density at radius 1 is 0.255 bits per heavy atom. The zero-order chi connectivity index (χ0) is 33.8. The Morgan fingerprint density at radius 3 is 0.873 bits per heavy atom. The summed E-state index contributed by atoms with van der Waals surface area (Å²) in [7, 11) is 0. The maximum atomic E-state index is 4.67. The molecule has 0 spiro atoms. The fourth-order valence-corrected chi connectivity index (χ4v) is 5.85. The van der Waals surface area contributed by atoms with E-state index in [1.807, 2.05) is 110 Å². The van der Waals surface area contributed by atoms with Gasteiger partial charge in [0.05, 0.1) is 22.4 Å². The molecular weight excluding hydrogens is 943 g/mol. The molecule has 0 fully saturated rings. The molecule has 5 aromatic carbocycles. The van der Waals surface area contributed by atoms with Gasteiger partial charge in [0, 0.05) is 66.8 Å². The minimum atomic E-state index is 0. The number of rotatable bonds is 4.